The fourth-order valence-corrected chi connectivity index (χ4v) is 2.27. The van der Waals surface area contributed by atoms with Crippen molar-refractivity contribution in [3.63, 3.8) is 0 Å². The fraction of sp³-hybridized carbons (Fsp3) is 0.286. The van der Waals surface area contributed by atoms with Gasteiger partial charge in [0.1, 0.15) is 5.75 Å². The van der Waals surface area contributed by atoms with Crippen molar-refractivity contribution in [3.05, 3.63) is 59.1 Å². The van der Waals surface area contributed by atoms with E-state index in [0.717, 1.165) is 12.8 Å². The molecule has 0 aliphatic heterocycles. The number of halogens is 1. The van der Waals surface area contributed by atoms with Gasteiger partial charge in [-0.25, -0.2) is 9.59 Å². The average Bonchev–Trinajstić information content (AvgIpc) is 2.72. The Morgan fingerprint density at radius 3 is 2.28 bits per heavy atom. The molecule has 0 spiro atoms. The molecule has 0 heterocycles. The number of carbonyl (C=O) groups excluding carboxylic acids is 3. The van der Waals surface area contributed by atoms with Crippen LogP contribution in [0.2, 0.25) is 5.02 Å². The second kappa shape index (κ2) is 11.7. The van der Waals surface area contributed by atoms with Gasteiger partial charge in [-0.15, -0.1) is 0 Å². The Kier molecular flexibility index (Phi) is 8.98. The van der Waals surface area contributed by atoms with Crippen LogP contribution in [0.15, 0.2) is 48.5 Å². The van der Waals surface area contributed by atoms with Crippen molar-refractivity contribution in [2.45, 2.75) is 19.8 Å². The molecule has 2 rings (SSSR count). The van der Waals surface area contributed by atoms with E-state index in [9.17, 15) is 14.4 Å². The lowest BCUT2D eigenvalue weighted by atomic mass is 10.2. The van der Waals surface area contributed by atoms with Crippen LogP contribution in [0.1, 0.15) is 30.1 Å². The smallest absolute Gasteiger partial charge is 0.344 e. The molecule has 0 saturated heterocycles. The van der Waals surface area contributed by atoms with E-state index in [4.69, 9.17) is 25.8 Å². The molecule has 0 aliphatic carbocycles. The summed E-state index contributed by atoms with van der Waals surface area (Å²) in [4.78, 5) is 35.4. The number of nitrogens with one attached hydrogen (secondary N) is 1. The Balaban J connectivity index is 1.70. The summed E-state index contributed by atoms with van der Waals surface area (Å²) >= 11 is 5.76. The van der Waals surface area contributed by atoms with Crippen molar-refractivity contribution < 1.29 is 28.6 Å². The molecule has 154 valence electrons. The van der Waals surface area contributed by atoms with Crippen molar-refractivity contribution in [2.24, 2.45) is 0 Å². The second-order valence-corrected chi connectivity index (χ2v) is 6.45. The predicted octanol–water partition coefficient (Wildman–Crippen LogP) is 3.86. The van der Waals surface area contributed by atoms with Crippen LogP contribution in [0.3, 0.4) is 0 Å². The second-order valence-electron chi connectivity index (χ2n) is 6.02. The van der Waals surface area contributed by atoms with E-state index in [1.165, 1.54) is 0 Å². The predicted molar refractivity (Wildman–Crippen MR) is 108 cm³/mol. The number of unbranched alkanes of at least 4 members (excludes halogenated alkanes) is 1. The quantitative estimate of drug-likeness (QED) is 0.464. The molecule has 0 saturated carbocycles. The summed E-state index contributed by atoms with van der Waals surface area (Å²) in [7, 11) is 0. The number of hydrogen-bond acceptors (Lipinski definition) is 6. The van der Waals surface area contributed by atoms with Gasteiger partial charge in [0.05, 0.1) is 12.2 Å². The van der Waals surface area contributed by atoms with Gasteiger partial charge in [0.15, 0.2) is 13.2 Å². The molecule has 0 aliphatic rings. The van der Waals surface area contributed by atoms with E-state index in [1.807, 2.05) is 6.92 Å². The molecule has 0 bridgehead atoms. The standard InChI is InChI=1S/C21H22ClNO6/c1-2-3-12-27-21(26)15-4-8-17(9-5-15)23-19(24)13-29-20(25)14-28-18-10-6-16(22)7-11-18/h4-11H,2-3,12-14H2,1H3,(H,23,24). The van der Waals surface area contributed by atoms with Crippen LogP contribution in [0, 0.1) is 0 Å². The molecular formula is C21H22ClNO6. The summed E-state index contributed by atoms with van der Waals surface area (Å²) < 4.78 is 15.2. The largest absolute Gasteiger partial charge is 0.482 e. The van der Waals surface area contributed by atoms with Crippen LogP contribution in [0.25, 0.3) is 0 Å². The van der Waals surface area contributed by atoms with Crippen LogP contribution in [0.5, 0.6) is 5.75 Å². The van der Waals surface area contributed by atoms with Gasteiger partial charge in [0, 0.05) is 10.7 Å². The van der Waals surface area contributed by atoms with Crippen LogP contribution in [-0.2, 0) is 19.1 Å². The number of carbonyl (C=O) groups is 3. The average molecular weight is 420 g/mol. The van der Waals surface area contributed by atoms with Crippen molar-refractivity contribution >= 4 is 35.1 Å². The van der Waals surface area contributed by atoms with E-state index in [-0.39, 0.29) is 6.61 Å². The Hall–Kier alpha value is -3.06. The van der Waals surface area contributed by atoms with E-state index in [2.05, 4.69) is 5.32 Å². The number of anilines is 1. The first kappa shape index (κ1) is 22.2. The van der Waals surface area contributed by atoms with Crippen LogP contribution in [0.4, 0.5) is 5.69 Å². The lowest BCUT2D eigenvalue weighted by Gasteiger charge is -2.09. The molecule has 0 atom stereocenters. The highest BCUT2D eigenvalue weighted by Gasteiger charge is 2.10. The highest BCUT2D eigenvalue weighted by molar-refractivity contribution is 6.30. The summed E-state index contributed by atoms with van der Waals surface area (Å²) in [6.07, 6.45) is 1.75. The van der Waals surface area contributed by atoms with Crippen LogP contribution >= 0.6 is 11.6 Å². The highest BCUT2D eigenvalue weighted by atomic mass is 35.5. The highest BCUT2D eigenvalue weighted by Crippen LogP contribution is 2.15. The Morgan fingerprint density at radius 2 is 1.62 bits per heavy atom. The number of esters is 2. The number of amides is 1. The third-order valence-corrected chi connectivity index (χ3v) is 3.92. The van der Waals surface area contributed by atoms with Crippen molar-refractivity contribution in [2.75, 3.05) is 25.1 Å². The third kappa shape index (κ3) is 8.23. The molecule has 0 aromatic heterocycles. The van der Waals surface area contributed by atoms with E-state index in [1.54, 1.807) is 48.5 Å². The number of rotatable bonds is 10. The van der Waals surface area contributed by atoms with Gasteiger partial charge >= 0.3 is 11.9 Å². The maximum Gasteiger partial charge on any atom is 0.344 e. The van der Waals surface area contributed by atoms with E-state index < -0.39 is 24.5 Å². The number of hydrogen-bond donors (Lipinski definition) is 1. The molecule has 0 fully saturated rings. The molecule has 7 nitrogen and oxygen atoms in total. The molecule has 8 heteroatoms. The maximum absolute atomic E-state index is 11.9. The summed E-state index contributed by atoms with van der Waals surface area (Å²) in [5, 5.41) is 3.13. The third-order valence-electron chi connectivity index (χ3n) is 3.67. The van der Waals surface area contributed by atoms with Gasteiger partial charge in [0.2, 0.25) is 0 Å². The lowest BCUT2D eigenvalue weighted by Crippen LogP contribution is -2.23. The lowest BCUT2D eigenvalue weighted by molar-refractivity contribution is -0.149. The van der Waals surface area contributed by atoms with E-state index >= 15 is 0 Å². The van der Waals surface area contributed by atoms with Crippen LogP contribution in [-0.4, -0.2) is 37.7 Å². The first-order valence-corrected chi connectivity index (χ1v) is 9.46. The van der Waals surface area contributed by atoms with Gasteiger partial charge < -0.3 is 19.5 Å². The molecule has 1 N–H and O–H groups in total. The van der Waals surface area contributed by atoms with Crippen molar-refractivity contribution in [3.8, 4) is 5.75 Å². The normalized spacial score (nSPS) is 10.1. The van der Waals surface area contributed by atoms with Gasteiger partial charge in [-0.1, -0.05) is 24.9 Å². The minimum Gasteiger partial charge on any atom is -0.482 e. The van der Waals surface area contributed by atoms with Gasteiger partial charge in [-0.05, 0) is 55.0 Å². The van der Waals surface area contributed by atoms with Crippen molar-refractivity contribution in [1.29, 1.82) is 0 Å². The summed E-state index contributed by atoms with van der Waals surface area (Å²) in [5.74, 6) is -1.14. The number of benzene rings is 2. The zero-order chi connectivity index (χ0) is 21.1. The summed E-state index contributed by atoms with van der Waals surface area (Å²) in [6.45, 7) is 1.60. The van der Waals surface area contributed by atoms with Gasteiger partial charge in [0.25, 0.3) is 5.91 Å². The first-order valence-electron chi connectivity index (χ1n) is 9.09. The minimum absolute atomic E-state index is 0.330. The Bertz CT molecular complexity index is 820. The minimum atomic E-state index is -0.680. The molecule has 2 aromatic carbocycles. The molecule has 0 radical (unpaired) electrons. The van der Waals surface area contributed by atoms with Gasteiger partial charge in [-0.3, -0.25) is 4.79 Å². The maximum atomic E-state index is 11.9. The van der Waals surface area contributed by atoms with Crippen molar-refractivity contribution in [1.82, 2.24) is 0 Å². The summed E-state index contributed by atoms with van der Waals surface area (Å²) in [5.41, 5.74) is 0.860. The molecule has 1 amide bonds. The van der Waals surface area contributed by atoms with Crippen LogP contribution < -0.4 is 10.1 Å². The molecule has 2 aromatic rings. The SMILES string of the molecule is CCCCOC(=O)c1ccc(NC(=O)COC(=O)COc2ccc(Cl)cc2)cc1. The Morgan fingerprint density at radius 1 is 0.931 bits per heavy atom. The topological polar surface area (TPSA) is 90.9 Å². The molecular weight excluding hydrogens is 398 g/mol. The summed E-state index contributed by atoms with van der Waals surface area (Å²) in [6, 6.07) is 12.7. The zero-order valence-electron chi connectivity index (χ0n) is 16.0. The fourth-order valence-electron chi connectivity index (χ4n) is 2.14. The zero-order valence-corrected chi connectivity index (χ0v) is 16.7. The molecule has 0 unspecified atom stereocenters. The number of ether oxygens (including phenoxy) is 3. The monoisotopic (exact) mass is 419 g/mol. The Labute approximate surface area is 173 Å². The van der Waals surface area contributed by atoms with E-state index in [0.29, 0.717) is 28.6 Å². The van der Waals surface area contributed by atoms with Gasteiger partial charge in [-0.2, -0.15) is 0 Å². The first-order chi connectivity index (χ1) is 14.0. The molecule has 29 heavy (non-hydrogen) atoms.